The van der Waals surface area contributed by atoms with Gasteiger partial charge in [-0.1, -0.05) is 55.8 Å². The van der Waals surface area contributed by atoms with Crippen LogP contribution in [0.25, 0.3) is 0 Å². The lowest BCUT2D eigenvalue weighted by atomic mass is 10.1. The first-order chi connectivity index (χ1) is 12.0. The average molecular weight is 347 g/mol. The highest BCUT2D eigenvalue weighted by Crippen LogP contribution is 2.17. The van der Waals surface area contributed by atoms with Gasteiger partial charge in [-0.25, -0.2) is 4.39 Å². The predicted molar refractivity (Wildman–Crippen MR) is 101 cm³/mol. The monoisotopic (exact) mass is 347 g/mol. The predicted octanol–water partition coefficient (Wildman–Crippen LogP) is 5.04. The summed E-state index contributed by atoms with van der Waals surface area (Å²) in [7, 11) is 0. The third-order valence-corrected chi connectivity index (χ3v) is 3.88. The van der Waals surface area contributed by atoms with Crippen LogP contribution in [0.2, 0.25) is 0 Å². The van der Waals surface area contributed by atoms with Gasteiger partial charge >= 0.3 is 0 Å². The van der Waals surface area contributed by atoms with Gasteiger partial charge in [-0.3, -0.25) is 4.79 Å². The first-order valence-corrected chi connectivity index (χ1v) is 8.97. The zero-order valence-electron chi connectivity index (χ0n) is 15.8. The van der Waals surface area contributed by atoms with E-state index in [-0.39, 0.29) is 24.4 Å². The highest BCUT2D eigenvalue weighted by atomic mass is 19.1. The maximum Gasteiger partial charge on any atom is 0.248 e. The minimum absolute atomic E-state index is 0.00397. The van der Waals surface area contributed by atoms with Crippen LogP contribution >= 0.6 is 0 Å². The van der Waals surface area contributed by atoms with E-state index < -0.39 is 0 Å². The summed E-state index contributed by atoms with van der Waals surface area (Å²) in [5.74, 6) is -0.187. The molecule has 1 aliphatic heterocycles. The molecule has 1 aromatic rings. The summed E-state index contributed by atoms with van der Waals surface area (Å²) in [6.07, 6.45) is 4.74. The van der Waals surface area contributed by atoms with Crippen molar-refractivity contribution in [2.24, 2.45) is 0 Å². The van der Waals surface area contributed by atoms with Crippen LogP contribution in [0.4, 0.5) is 4.39 Å². The molecule has 1 unspecified atom stereocenters. The van der Waals surface area contributed by atoms with Crippen LogP contribution in [0.15, 0.2) is 53.9 Å². The Morgan fingerprint density at radius 3 is 2.56 bits per heavy atom. The standard InChI is InChI=1S/C19H24FNO2.C2H6/c1-15(8-9-16(2)20)12-18-10-11-21(19(22)14-23-18)13-17-6-4-3-5-7-17;1-2/h3-9,18H,10-14H2,1-2H3;1-2H3/b15-8+,16-9+;. The Balaban J connectivity index is 0.00000151. The summed E-state index contributed by atoms with van der Waals surface area (Å²) in [5.41, 5.74) is 2.18. The summed E-state index contributed by atoms with van der Waals surface area (Å²) in [6.45, 7) is 8.80. The van der Waals surface area contributed by atoms with Gasteiger partial charge in [-0.2, -0.15) is 0 Å². The minimum atomic E-state index is -0.213. The van der Waals surface area contributed by atoms with Crippen LogP contribution in [0, 0.1) is 0 Å². The van der Waals surface area contributed by atoms with Crippen molar-refractivity contribution < 1.29 is 13.9 Å². The number of amides is 1. The van der Waals surface area contributed by atoms with Gasteiger partial charge < -0.3 is 9.64 Å². The van der Waals surface area contributed by atoms with Crippen LogP contribution in [-0.2, 0) is 16.1 Å². The van der Waals surface area contributed by atoms with Crippen molar-refractivity contribution in [1.82, 2.24) is 4.90 Å². The number of allylic oxidation sites excluding steroid dienone is 3. The Morgan fingerprint density at radius 1 is 1.24 bits per heavy atom. The molecule has 25 heavy (non-hydrogen) atoms. The summed E-state index contributed by atoms with van der Waals surface area (Å²) in [6, 6.07) is 9.97. The first kappa shape index (κ1) is 21.1. The first-order valence-electron chi connectivity index (χ1n) is 8.97. The topological polar surface area (TPSA) is 29.5 Å². The van der Waals surface area contributed by atoms with E-state index in [1.165, 1.54) is 13.0 Å². The Hall–Kier alpha value is -1.94. The number of ether oxygens (including phenoxy) is 1. The van der Waals surface area contributed by atoms with Gasteiger partial charge in [0.25, 0.3) is 0 Å². The molecule has 2 rings (SSSR count). The molecule has 0 aromatic heterocycles. The number of benzene rings is 1. The molecular weight excluding hydrogens is 317 g/mol. The molecule has 3 nitrogen and oxygen atoms in total. The molecule has 1 amide bonds. The van der Waals surface area contributed by atoms with Gasteiger partial charge in [0, 0.05) is 13.1 Å². The van der Waals surface area contributed by atoms with Crippen LogP contribution in [0.5, 0.6) is 0 Å². The zero-order valence-corrected chi connectivity index (χ0v) is 15.8. The van der Waals surface area contributed by atoms with Crippen LogP contribution in [-0.4, -0.2) is 30.1 Å². The number of carbonyl (C=O) groups is 1. The van der Waals surface area contributed by atoms with Crippen molar-refractivity contribution in [3.8, 4) is 0 Å². The van der Waals surface area contributed by atoms with Crippen LogP contribution in [0.3, 0.4) is 0 Å². The van der Waals surface area contributed by atoms with Crippen molar-refractivity contribution in [3.63, 3.8) is 0 Å². The molecule has 4 heteroatoms. The zero-order chi connectivity index (χ0) is 18.7. The minimum Gasteiger partial charge on any atom is -0.368 e. The van der Waals surface area contributed by atoms with Gasteiger partial charge in [0.05, 0.1) is 11.9 Å². The fourth-order valence-corrected chi connectivity index (χ4v) is 2.60. The van der Waals surface area contributed by atoms with Gasteiger partial charge in [0.2, 0.25) is 5.91 Å². The molecule has 138 valence electrons. The van der Waals surface area contributed by atoms with E-state index in [0.717, 1.165) is 24.0 Å². The molecule has 0 N–H and O–H groups in total. The molecule has 1 heterocycles. The Kier molecular flexibility index (Phi) is 9.78. The van der Waals surface area contributed by atoms with E-state index >= 15 is 0 Å². The third-order valence-electron chi connectivity index (χ3n) is 3.88. The fourth-order valence-electron chi connectivity index (χ4n) is 2.60. The van der Waals surface area contributed by atoms with Gasteiger partial charge in [0.1, 0.15) is 6.61 Å². The van der Waals surface area contributed by atoms with Crippen molar-refractivity contribution in [1.29, 1.82) is 0 Å². The Morgan fingerprint density at radius 2 is 1.92 bits per heavy atom. The van der Waals surface area contributed by atoms with Crippen LogP contribution < -0.4 is 0 Å². The van der Waals surface area contributed by atoms with Crippen molar-refractivity contribution in [2.75, 3.05) is 13.2 Å². The number of rotatable bonds is 5. The second-order valence-electron chi connectivity index (χ2n) is 5.99. The maximum absolute atomic E-state index is 12.7. The lowest BCUT2D eigenvalue weighted by molar-refractivity contribution is -0.135. The highest BCUT2D eigenvalue weighted by molar-refractivity contribution is 5.77. The van der Waals surface area contributed by atoms with E-state index in [2.05, 4.69) is 0 Å². The quantitative estimate of drug-likeness (QED) is 0.698. The third kappa shape index (κ3) is 8.12. The summed E-state index contributed by atoms with van der Waals surface area (Å²) < 4.78 is 18.5. The number of hydrogen-bond acceptors (Lipinski definition) is 2. The summed E-state index contributed by atoms with van der Waals surface area (Å²) >= 11 is 0. The van der Waals surface area contributed by atoms with E-state index in [4.69, 9.17) is 4.74 Å². The molecule has 0 radical (unpaired) electrons. The number of nitrogens with zero attached hydrogens (tertiary/aromatic N) is 1. The molecule has 1 aromatic carbocycles. The van der Waals surface area contributed by atoms with Crippen molar-refractivity contribution in [2.45, 2.75) is 53.2 Å². The maximum atomic E-state index is 12.7. The van der Waals surface area contributed by atoms with Crippen molar-refractivity contribution in [3.05, 3.63) is 59.4 Å². The van der Waals surface area contributed by atoms with Gasteiger partial charge in [-0.15, -0.1) is 0 Å². The van der Waals surface area contributed by atoms with E-state index in [0.29, 0.717) is 13.1 Å². The smallest absolute Gasteiger partial charge is 0.248 e. The Labute approximate surface area is 151 Å². The summed E-state index contributed by atoms with van der Waals surface area (Å²) in [4.78, 5) is 14.0. The molecule has 1 aliphatic rings. The molecular formula is C21H30FNO2. The van der Waals surface area contributed by atoms with Gasteiger partial charge in [0.15, 0.2) is 0 Å². The Bertz CT molecular complexity index is 577. The second kappa shape index (κ2) is 11.6. The van der Waals surface area contributed by atoms with E-state index in [1.54, 1.807) is 6.08 Å². The molecule has 1 fully saturated rings. The molecule has 0 bridgehead atoms. The summed E-state index contributed by atoms with van der Waals surface area (Å²) in [5, 5.41) is 0. The molecule has 1 saturated heterocycles. The number of halogens is 1. The normalized spacial score (nSPS) is 19.2. The van der Waals surface area contributed by atoms with E-state index in [1.807, 2.05) is 56.0 Å². The lowest BCUT2D eigenvalue weighted by Gasteiger charge is -2.20. The number of carbonyl (C=O) groups excluding carboxylic acids is 1. The number of hydrogen-bond donors (Lipinski definition) is 0. The second-order valence-corrected chi connectivity index (χ2v) is 5.99. The van der Waals surface area contributed by atoms with E-state index in [9.17, 15) is 9.18 Å². The highest BCUT2D eigenvalue weighted by Gasteiger charge is 2.23. The van der Waals surface area contributed by atoms with Crippen molar-refractivity contribution >= 4 is 5.91 Å². The average Bonchev–Trinajstić information content (AvgIpc) is 2.79. The lowest BCUT2D eigenvalue weighted by Crippen LogP contribution is -2.32. The molecule has 0 spiro atoms. The molecule has 0 aliphatic carbocycles. The SMILES string of the molecule is C/C(F)=C\C=C(/C)CC1CCN(Cc2ccccc2)C(=O)CO1.CC. The molecule has 0 saturated carbocycles. The van der Waals surface area contributed by atoms with Crippen LogP contribution in [0.1, 0.15) is 46.1 Å². The molecule has 1 atom stereocenters. The largest absolute Gasteiger partial charge is 0.368 e. The fraction of sp³-hybridized carbons (Fsp3) is 0.476. The van der Waals surface area contributed by atoms with Gasteiger partial charge in [-0.05, 0) is 38.3 Å².